The molecule has 0 N–H and O–H groups in total. The van der Waals surface area contributed by atoms with Gasteiger partial charge in [0.15, 0.2) is 0 Å². The van der Waals surface area contributed by atoms with Gasteiger partial charge >= 0.3 is 0 Å². The monoisotopic (exact) mass is 275 g/mol. The second kappa shape index (κ2) is 5.75. The first kappa shape index (κ1) is 13.3. The average molecular weight is 275 g/mol. The standard InChI is InChI=1S/C18H17N3/c1-21(2)15-10-7-14(8-11-15)9-12-18-16-5-3-4-6-17(16)19-13-20-18/h3-13H,1-2H3/b12-9-. The van der Waals surface area contributed by atoms with Gasteiger partial charge in [0.25, 0.3) is 0 Å². The Morgan fingerprint density at radius 1 is 0.857 bits per heavy atom. The number of benzene rings is 2. The number of para-hydroxylation sites is 1. The summed E-state index contributed by atoms with van der Waals surface area (Å²) in [5.41, 5.74) is 4.26. The highest BCUT2D eigenvalue weighted by Crippen LogP contribution is 2.18. The van der Waals surface area contributed by atoms with Crippen LogP contribution in [0.2, 0.25) is 0 Å². The summed E-state index contributed by atoms with van der Waals surface area (Å²) in [7, 11) is 4.08. The van der Waals surface area contributed by atoms with Crippen molar-refractivity contribution in [3.63, 3.8) is 0 Å². The van der Waals surface area contributed by atoms with Crippen molar-refractivity contribution in [2.75, 3.05) is 19.0 Å². The molecule has 2 aromatic carbocycles. The Kier molecular flexibility index (Phi) is 3.65. The fourth-order valence-electron chi connectivity index (χ4n) is 2.22. The molecule has 0 aliphatic carbocycles. The molecule has 3 nitrogen and oxygen atoms in total. The molecule has 0 fully saturated rings. The molecule has 0 aliphatic rings. The van der Waals surface area contributed by atoms with E-state index in [0.717, 1.165) is 22.2 Å². The van der Waals surface area contributed by atoms with Crippen molar-refractivity contribution in [3.05, 3.63) is 66.1 Å². The van der Waals surface area contributed by atoms with E-state index in [1.165, 1.54) is 5.69 Å². The number of hydrogen-bond donors (Lipinski definition) is 0. The summed E-state index contributed by atoms with van der Waals surface area (Å²) in [6, 6.07) is 16.5. The smallest absolute Gasteiger partial charge is 0.116 e. The fraction of sp³-hybridized carbons (Fsp3) is 0.111. The van der Waals surface area contributed by atoms with E-state index >= 15 is 0 Å². The number of aromatic nitrogens is 2. The van der Waals surface area contributed by atoms with E-state index in [2.05, 4.69) is 45.2 Å². The molecule has 0 spiro atoms. The van der Waals surface area contributed by atoms with Crippen molar-refractivity contribution in [2.45, 2.75) is 0 Å². The Morgan fingerprint density at radius 3 is 2.38 bits per heavy atom. The lowest BCUT2D eigenvalue weighted by Crippen LogP contribution is -2.07. The molecule has 1 aromatic heterocycles. The van der Waals surface area contributed by atoms with Crippen molar-refractivity contribution in [1.82, 2.24) is 9.97 Å². The highest BCUT2D eigenvalue weighted by molar-refractivity contribution is 5.88. The minimum atomic E-state index is 0.942. The third-order valence-corrected chi connectivity index (χ3v) is 3.42. The van der Waals surface area contributed by atoms with Gasteiger partial charge in [0.05, 0.1) is 11.2 Å². The molecule has 0 saturated carbocycles. The molecule has 0 unspecified atom stereocenters. The SMILES string of the molecule is CN(C)c1ccc(/C=C\c2ncnc3ccccc23)cc1. The van der Waals surface area contributed by atoms with E-state index in [1.54, 1.807) is 6.33 Å². The largest absolute Gasteiger partial charge is 0.378 e. The molecule has 0 bridgehead atoms. The summed E-state index contributed by atoms with van der Waals surface area (Å²) < 4.78 is 0. The van der Waals surface area contributed by atoms with Gasteiger partial charge in [0, 0.05) is 25.2 Å². The quantitative estimate of drug-likeness (QED) is 0.726. The van der Waals surface area contributed by atoms with Crippen LogP contribution in [0.3, 0.4) is 0 Å². The highest BCUT2D eigenvalue weighted by Gasteiger charge is 1.99. The van der Waals surface area contributed by atoms with Gasteiger partial charge in [-0.3, -0.25) is 0 Å². The minimum absolute atomic E-state index is 0.942. The van der Waals surface area contributed by atoms with Crippen LogP contribution in [0.5, 0.6) is 0 Å². The lowest BCUT2D eigenvalue weighted by molar-refractivity contribution is 1.13. The fourth-order valence-corrected chi connectivity index (χ4v) is 2.22. The van der Waals surface area contributed by atoms with Gasteiger partial charge in [-0.1, -0.05) is 36.4 Å². The van der Waals surface area contributed by atoms with Crippen molar-refractivity contribution in [3.8, 4) is 0 Å². The Morgan fingerprint density at radius 2 is 1.62 bits per heavy atom. The maximum atomic E-state index is 4.36. The lowest BCUT2D eigenvalue weighted by Gasteiger charge is -2.11. The van der Waals surface area contributed by atoms with E-state index in [4.69, 9.17) is 0 Å². The summed E-state index contributed by atoms with van der Waals surface area (Å²) in [5.74, 6) is 0. The zero-order valence-electron chi connectivity index (χ0n) is 12.2. The van der Waals surface area contributed by atoms with Gasteiger partial charge in [-0.15, -0.1) is 0 Å². The molecular formula is C18H17N3. The Bertz CT molecular complexity index is 769. The van der Waals surface area contributed by atoms with Crippen molar-refractivity contribution in [1.29, 1.82) is 0 Å². The Labute approximate surface area is 124 Å². The molecule has 3 rings (SSSR count). The van der Waals surface area contributed by atoms with E-state index in [1.807, 2.05) is 44.4 Å². The van der Waals surface area contributed by atoms with E-state index in [-0.39, 0.29) is 0 Å². The summed E-state index contributed by atoms with van der Waals surface area (Å²) >= 11 is 0. The molecule has 0 aliphatic heterocycles. The lowest BCUT2D eigenvalue weighted by atomic mass is 10.1. The van der Waals surface area contributed by atoms with Crippen LogP contribution in [0.25, 0.3) is 23.1 Å². The van der Waals surface area contributed by atoms with Crippen molar-refractivity contribution >= 4 is 28.7 Å². The molecule has 0 radical (unpaired) electrons. The number of fused-ring (bicyclic) bond motifs is 1. The minimum Gasteiger partial charge on any atom is -0.378 e. The Balaban J connectivity index is 1.91. The van der Waals surface area contributed by atoms with Crippen molar-refractivity contribution in [2.24, 2.45) is 0 Å². The van der Waals surface area contributed by atoms with Crippen LogP contribution in [0.15, 0.2) is 54.9 Å². The predicted octanol–water partition coefficient (Wildman–Crippen LogP) is 3.87. The molecule has 0 amide bonds. The maximum Gasteiger partial charge on any atom is 0.116 e. The summed E-state index contributed by atoms with van der Waals surface area (Å²) in [6.45, 7) is 0. The summed E-state index contributed by atoms with van der Waals surface area (Å²) in [6.07, 6.45) is 5.72. The molecule has 3 heteroatoms. The molecule has 21 heavy (non-hydrogen) atoms. The van der Waals surface area contributed by atoms with Crippen LogP contribution < -0.4 is 4.90 Å². The molecule has 104 valence electrons. The third kappa shape index (κ3) is 2.92. The average Bonchev–Trinajstić information content (AvgIpc) is 2.53. The summed E-state index contributed by atoms with van der Waals surface area (Å²) in [4.78, 5) is 10.7. The van der Waals surface area contributed by atoms with Gasteiger partial charge < -0.3 is 4.90 Å². The van der Waals surface area contributed by atoms with Crippen LogP contribution >= 0.6 is 0 Å². The highest BCUT2D eigenvalue weighted by atomic mass is 15.1. The van der Waals surface area contributed by atoms with E-state index in [9.17, 15) is 0 Å². The Hall–Kier alpha value is -2.68. The van der Waals surface area contributed by atoms with Crippen molar-refractivity contribution < 1.29 is 0 Å². The van der Waals surface area contributed by atoms with E-state index < -0.39 is 0 Å². The number of anilines is 1. The van der Waals surface area contributed by atoms with Crippen LogP contribution in [-0.2, 0) is 0 Å². The zero-order valence-corrected chi connectivity index (χ0v) is 12.2. The summed E-state index contributed by atoms with van der Waals surface area (Å²) in [5, 5.41) is 1.07. The van der Waals surface area contributed by atoms with Crippen LogP contribution in [0.1, 0.15) is 11.3 Å². The van der Waals surface area contributed by atoms with Crippen LogP contribution in [0.4, 0.5) is 5.69 Å². The number of nitrogens with zero attached hydrogens (tertiary/aromatic N) is 3. The normalized spacial score (nSPS) is 11.1. The first-order valence-electron chi connectivity index (χ1n) is 6.89. The van der Waals surface area contributed by atoms with Gasteiger partial charge in [-0.05, 0) is 29.8 Å². The first-order valence-corrected chi connectivity index (χ1v) is 6.89. The molecule has 0 atom stereocenters. The second-order valence-electron chi connectivity index (χ2n) is 5.10. The third-order valence-electron chi connectivity index (χ3n) is 3.42. The predicted molar refractivity (Wildman–Crippen MR) is 89.2 cm³/mol. The molecule has 1 heterocycles. The zero-order chi connectivity index (χ0) is 14.7. The van der Waals surface area contributed by atoms with Gasteiger partial charge in [0.2, 0.25) is 0 Å². The first-order chi connectivity index (χ1) is 10.2. The van der Waals surface area contributed by atoms with Crippen LogP contribution in [0, 0.1) is 0 Å². The molecule has 3 aromatic rings. The van der Waals surface area contributed by atoms with Crippen LogP contribution in [-0.4, -0.2) is 24.1 Å². The maximum absolute atomic E-state index is 4.36. The van der Waals surface area contributed by atoms with Gasteiger partial charge in [0.1, 0.15) is 6.33 Å². The molecule has 0 saturated heterocycles. The second-order valence-corrected chi connectivity index (χ2v) is 5.10. The van der Waals surface area contributed by atoms with Gasteiger partial charge in [-0.2, -0.15) is 0 Å². The number of rotatable bonds is 3. The van der Waals surface area contributed by atoms with Gasteiger partial charge in [-0.25, -0.2) is 9.97 Å². The van der Waals surface area contributed by atoms with E-state index in [0.29, 0.717) is 0 Å². The molecular weight excluding hydrogens is 258 g/mol. The topological polar surface area (TPSA) is 29.0 Å². The number of hydrogen-bond acceptors (Lipinski definition) is 3.